The van der Waals surface area contributed by atoms with Gasteiger partial charge >= 0.3 is 5.97 Å². The molecular formula is C19H19FN2O3. The Kier molecular flexibility index (Phi) is 4.97. The van der Waals surface area contributed by atoms with Gasteiger partial charge in [-0.05, 0) is 48.5 Å². The van der Waals surface area contributed by atoms with E-state index in [4.69, 9.17) is 0 Å². The number of piperazine rings is 1. The van der Waals surface area contributed by atoms with Crippen molar-refractivity contribution in [2.24, 2.45) is 0 Å². The Morgan fingerprint density at radius 2 is 1.44 bits per heavy atom. The van der Waals surface area contributed by atoms with Gasteiger partial charge in [-0.15, -0.1) is 0 Å². The summed E-state index contributed by atoms with van der Waals surface area (Å²) in [6.45, 7) is 2.57. The molecular weight excluding hydrogens is 323 g/mol. The Morgan fingerprint density at radius 1 is 0.880 bits per heavy atom. The molecule has 0 aromatic heterocycles. The third kappa shape index (κ3) is 3.79. The molecule has 0 N–H and O–H groups in total. The lowest BCUT2D eigenvalue weighted by Gasteiger charge is -2.36. The van der Waals surface area contributed by atoms with Crippen molar-refractivity contribution >= 4 is 17.6 Å². The molecule has 130 valence electrons. The number of carbonyl (C=O) groups is 2. The summed E-state index contributed by atoms with van der Waals surface area (Å²) in [5.74, 6) is -0.741. The number of methoxy groups -OCH3 is 1. The van der Waals surface area contributed by atoms with Gasteiger partial charge in [0, 0.05) is 37.4 Å². The molecule has 6 heteroatoms. The van der Waals surface area contributed by atoms with Crippen molar-refractivity contribution in [2.75, 3.05) is 38.2 Å². The first kappa shape index (κ1) is 17.0. The largest absolute Gasteiger partial charge is 0.465 e. The normalized spacial score (nSPS) is 14.3. The molecule has 0 unspecified atom stereocenters. The maximum Gasteiger partial charge on any atom is 0.337 e. The third-order valence-corrected chi connectivity index (χ3v) is 4.31. The number of hydrogen-bond donors (Lipinski definition) is 0. The van der Waals surface area contributed by atoms with Crippen LogP contribution in [0.4, 0.5) is 10.1 Å². The quantitative estimate of drug-likeness (QED) is 0.805. The first-order valence-electron chi connectivity index (χ1n) is 8.06. The van der Waals surface area contributed by atoms with Gasteiger partial charge in [0.05, 0.1) is 12.7 Å². The van der Waals surface area contributed by atoms with E-state index in [1.807, 2.05) is 0 Å². The summed E-state index contributed by atoms with van der Waals surface area (Å²) in [7, 11) is 1.32. The Hall–Kier alpha value is -2.89. The molecule has 0 aliphatic carbocycles. The number of esters is 1. The molecule has 2 aromatic rings. The smallest absolute Gasteiger partial charge is 0.337 e. The summed E-state index contributed by atoms with van der Waals surface area (Å²) in [6, 6.07) is 12.8. The molecule has 1 heterocycles. The van der Waals surface area contributed by atoms with E-state index in [1.54, 1.807) is 41.3 Å². The number of halogens is 1. The number of anilines is 1. The molecule has 3 rings (SSSR count). The van der Waals surface area contributed by atoms with Crippen LogP contribution in [-0.2, 0) is 4.74 Å². The fourth-order valence-electron chi connectivity index (χ4n) is 2.87. The predicted molar refractivity (Wildman–Crippen MR) is 92.3 cm³/mol. The van der Waals surface area contributed by atoms with Crippen molar-refractivity contribution < 1.29 is 18.7 Å². The molecule has 0 radical (unpaired) electrons. The molecule has 0 atom stereocenters. The number of amides is 1. The van der Waals surface area contributed by atoms with Gasteiger partial charge in [-0.2, -0.15) is 0 Å². The lowest BCUT2D eigenvalue weighted by Crippen LogP contribution is -2.48. The number of rotatable bonds is 3. The molecule has 1 fully saturated rings. The van der Waals surface area contributed by atoms with Crippen molar-refractivity contribution in [3.63, 3.8) is 0 Å². The Morgan fingerprint density at radius 3 is 2.00 bits per heavy atom. The Bertz CT molecular complexity index is 751. The van der Waals surface area contributed by atoms with Crippen LogP contribution in [0.2, 0.25) is 0 Å². The zero-order valence-corrected chi connectivity index (χ0v) is 13.9. The number of carbonyl (C=O) groups excluding carboxylic acids is 2. The predicted octanol–water partition coefficient (Wildman–Crippen LogP) is 2.57. The monoisotopic (exact) mass is 342 g/mol. The molecule has 0 saturated carbocycles. The molecule has 2 aromatic carbocycles. The molecule has 1 aliphatic heterocycles. The molecule has 1 saturated heterocycles. The van der Waals surface area contributed by atoms with E-state index in [-0.39, 0.29) is 11.7 Å². The lowest BCUT2D eigenvalue weighted by atomic mass is 10.1. The van der Waals surface area contributed by atoms with Gasteiger partial charge in [0.15, 0.2) is 0 Å². The number of ether oxygens (including phenoxy) is 1. The second-order valence-corrected chi connectivity index (χ2v) is 5.82. The number of hydrogen-bond acceptors (Lipinski definition) is 4. The van der Waals surface area contributed by atoms with E-state index < -0.39 is 5.97 Å². The van der Waals surface area contributed by atoms with Crippen molar-refractivity contribution in [1.82, 2.24) is 4.90 Å². The minimum Gasteiger partial charge on any atom is -0.465 e. The standard InChI is InChI=1S/C19H19FN2O3/c1-25-19(24)15-4-2-14(3-5-15)18(23)22-12-10-21(11-13-22)17-8-6-16(20)7-9-17/h2-9H,10-13H2,1H3. The highest BCUT2D eigenvalue weighted by atomic mass is 19.1. The van der Waals surface area contributed by atoms with Crippen molar-refractivity contribution in [1.29, 1.82) is 0 Å². The summed E-state index contributed by atoms with van der Waals surface area (Å²) in [6.07, 6.45) is 0. The Balaban J connectivity index is 1.61. The molecule has 5 nitrogen and oxygen atoms in total. The molecule has 0 spiro atoms. The second-order valence-electron chi connectivity index (χ2n) is 5.82. The second kappa shape index (κ2) is 7.34. The SMILES string of the molecule is COC(=O)c1ccc(C(=O)N2CCN(c3ccc(F)cc3)CC2)cc1. The average molecular weight is 342 g/mol. The Labute approximate surface area is 145 Å². The minimum absolute atomic E-state index is 0.0600. The number of benzene rings is 2. The van der Waals surface area contributed by atoms with Crippen molar-refractivity contribution in [2.45, 2.75) is 0 Å². The van der Waals surface area contributed by atoms with E-state index in [0.29, 0.717) is 37.3 Å². The maximum absolute atomic E-state index is 13.0. The van der Waals surface area contributed by atoms with Gasteiger partial charge < -0.3 is 14.5 Å². The highest BCUT2D eigenvalue weighted by Gasteiger charge is 2.22. The van der Waals surface area contributed by atoms with E-state index in [2.05, 4.69) is 9.64 Å². The summed E-state index contributed by atoms with van der Waals surface area (Å²) in [5.41, 5.74) is 1.92. The van der Waals surface area contributed by atoms with E-state index in [1.165, 1.54) is 19.2 Å². The maximum atomic E-state index is 13.0. The van der Waals surface area contributed by atoms with Crippen LogP contribution < -0.4 is 4.90 Å². The molecule has 1 aliphatic rings. The zero-order chi connectivity index (χ0) is 17.8. The van der Waals surface area contributed by atoms with Crippen LogP contribution in [-0.4, -0.2) is 50.1 Å². The van der Waals surface area contributed by atoms with Crippen LogP contribution in [0, 0.1) is 5.82 Å². The van der Waals surface area contributed by atoms with E-state index >= 15 is 0 Å². The van der Waals surface area contributed by atoms with Gasteiger partial charge in [-0.25, -0.2) is 9.18 Å². The van der Waals surface area contributed by atoms with Gasteiger partial charge in [-0.1, -0.05) is 0 Å². The van der Waals surface area contributed by atoms with E-state index in [9.17, 15) is 14.0 Å². The fraction of sp³-hybridized carbons (Fsp3) is 0.263. The third-order valence-electron chi connectivity index (χ3n) is 4.31. The summed E-state index contributed by atoms with van der Waals surface area (Å²) < 4.78 is 17.7. The average Bonchev–Trinajstić information content (AvgIpc) is 2.67. The molecule has 25 heavy (non-hydrogen) atoms. The topological polar surface area (TPSA) is 49.9 Å². The first-order valence-corrected chi connectivity index (χ1v) is 8.06. The van der Waals surface area contributed by atoms with Gasteiger partial charge in [-0.3, -0.25) is 4.79 Å². The van der Waals surface area contributed by atoms with Gasteiger partial charge in [0.25, 0.3) is 5.91 Å². The van der Waals surface area contributed by atoms with Gasteiger partial charge in [0.1, 0.15) is 5.82 Å². The molecule has 1 amide bonds. The first-order chi connectivity index (χ1) is 12.1. The van der Waals surface area contributed by atoms with Crippen LogP contribution in [0.5, 0.6) is 0 Å². The van der Waals surface area contributed by atoms with Crippen LogP contribution in [0.15, 0.2) is 48.5 Å². The summed E-state index contributed by atoms with van der Waals surface area (Å²) in [5, 5.41) is 0. The highest BCUT2D eigenvalue weighted by Crippen LogP contribution is 2.18. The highest BCUT2D eigenvalue weighted by molar-refractivity contribution is 5.96. The summed E-state index contributed by atoms with van der Waals surface area (Å²) >= 11 is 0. The minimum atomic E-state index is -0.424. The van der Waals surface area contributed by atoms with Crippen LogP contribution in [0.25, 0.3) is 0 Å². The summed E-state index contributed by atoms with van der Waals surface area (Å²) in [4.78, 5) is 27.9. The van der Waals surface area contributed by atoms with E-state index in [0.717, 1.165) is 5.69 Å². The zero-order valence-electron chi connectivity index (χ0n) is 13.9. The fourth-order valence-corrected chi connectivity index (χ4v) is 2.87. The van der Waals surface area contributed by atoms with Crippen molar-refractivity contribution in [3.8, 4) is 0 Å². The van der Waals surface area contributed by atoms with Gasteiger partial charge in [0.2, 0.25) is 0 Å². The number of nitrogens with zero attached hydrogens (tertiary/aromatic N) is 2. The van der Waals surface area contributed by atoms with Crippen LogP contribution >= 0.6 is 0 Å². The lowest BCUT2D eigenvalue weighted by molar-refractivity contribution is 0.0599. The van der Waals surface area contributed by atoms with Crippen LogP contribution in [0.1, 0.15) is 20.7 Å². The van der Waals surface area contributed by atoms with Crippen molar-refractivity contribution in [3.05, 3.63) is 65.5 Å². The molecule has 0 bridgehead atoms. The van der Waals surface area contributed by atoms with Crippen LogP contribution in [0.3, 0.4) is 0 Å².